The van der Waals surface area contributed by atoms with Crippen LogP contribution in [0.5, 0.6) is 5.75 Å². The second-order valence-electron chi connectivity index (χ2n) is 5.24. The SMILES string of the molecule is CCOc1ccc(CN(C)C(=NC)NCCc2ccco2)cc1. The first-order valence-electron chi connectivity index (χ1n) is 7.88. The van der Waals surface area contributed by atoms with Crippen LogP contribution in [0.15, 0.2) is 52.1 Å². The van der Waals surface area contributed by atoms with Crippen LogP contribution in [0.3, 0.4) is 0 Å². The highest BCUT2D eigenvalue weighted by atomic mass is 16.5. The van der Waals surface area contributed by atoms with Gasteiger partial charge in [-0.15, -0.1) is 0 Å². The second-order valence-corrected chi connectivity index (χ2v) is 5.24. The standard InChI is InChI=1S/C18H25N3O2/c1-4-22-17-9-7-15(8-10-17)14-21(3)18(19-2)20-12-11-16-6-5-13-23-16/h5-10,13H,4,11-12,14H2,1-3H3,(H,19,20). The molecule has 0 aliphatic heterocycles. The molecular formula is C18H25N3O2. The quantitative estimate of drug-likeness (QED) is 0.630. The zero-order valence-corrected chi connectivity index (χ0v) is 14.1. The normalized spacial score (nSPS) is 11.3. The number of benzene rings is 1. The first-order valence-corrected chi connectivity index (χ1v) is 7.88. The van der Waals surface area contributed by atoms with E-state index in [9.17, 15) is 0 Å². The Labute approximate surface area is 138 Å². The lowest BCUT2D eigenvalue weighted by Gasteiger charge is -2.22. The van der Waals surface area contributed by atoms with E-state index in [1.165, 1.54) is 5.56 Å². The molecule has 0 saturated carbocycles. The van der Waals surface area contributed by atoms with Crippen LogP contribution in [0.25, 0.3) is 0 Å². The van der Waals surface area contributed by atoms with Crippen LogP contribution in [-0.2, 0) is 13.0 Å². The molecular weight excluding hydrogens is 290 g/mol. The molecule has 2 aromatic rings. The topological polar surface area (TPSA) is 50.0 Å². The van der Waals surface area contributed by atoms with E-state index in [1.807, 2.05) is 38.2 Å². The van der Waals surface area contributed by atoms with Gasteiger partial charge < -0.3 is 19.4 Å². The number of hydrogen-bond acceptors (Lipinski definition) is 3. The van der Waals surface area contributed by atoms with Crippen molar-refractivity contribution in [2.75, 3.05) is 27.2 Å². The molecule has 0 spiro atoms. The van der Waals surface area contributed by atoms with Crippen LogP contribution in [0.1, 0.15) is 18.2 Å². The highest BCUT2D eigenvalue weighted by Crippen LogP contribution is 2.13. The Morgan fingerprint density at radius 1 is 1.26 bits per heavy atom. The van der Waals surface area contributed by atoms with Crippen molar-refractivity contribution in [3.63, 3.8) is 0 Å². The van der Waals surface area contributed by atoms with Gasteiger partial charge in [0, 0.05) is 33.6 Å². The molecule has 1 aromatic heterocycles. The lowest BCUT2D eigenvalue weighted by molar-refractivity contribution is 0.340. The number of furan rings is 1. The molecule has 1 heterocycles. The van der Waals surface area contributed by atoms with Gasteiger partial charge >= 0.3 is 0 Å². The number of nitrogens with one attached hydrogen (secondary N) is 1. The summed E-state index contributed by atoms with van der Waals surface area (Å²) in [6, 6.07) is 12.0. The average Bonchev–Trinajstić information content (AvgIpc) is 3.07. The number of guanidine groups is 1. The number of nitrogens with zero attached hydrogens (tertiary/aromatic N) is 2. The van der Waals surface area contributed by atoms with E-state index in [4.69, 9.17) is 9.15 Å². The minimum Gasteiger partial charge on any atom is -0.494 e. The first kappa shape index (κ1) is 16.9. The molecule has 0 aliphatic carbocycles. The molecule has 0 bridgehead atoms. The Kier molecular flexibility index (Phi) is 6.54. The summed E-state index contributed by atoms with van der Waals surface area (Å²) in [4.78, 5) is 6.42. The van der Waals surface area contributed by atoms with Gasteiger partial charge in [-0.25, -0.2) is 0 Å². The predicted octanol–water partition coefficient (Wildman–Crippen LogP) is 2.93. The third-order valence-corrected chi connectivity index (χ3v) is 3.46. The fourth-order valence-corrected chi connectivity index (χ4v) is 2.34. The van der Waals surface area contributed by atoms with Crippen molar-refractivity contribution in [3.05, 3.63) is 54.0 Å². The Balaban J connectivity index is 1.83. The largest absolute Gasteiger partial charge is 0.494 e. The van der Waals surface area contributed by atoms with E-state index >= 15 is 0 Å². The van der Waals surface area contributed by atoms with E-state index in [0.717, 1.165) is 37.0 Å². The Morgan fingerprint density at radius 2 is 2.04 bits per heavy atom. The van der Waals surface area contributed by atoms with Crippen molar-refractivity contribution < 1.29 is 9.15 Å². The van der Waals surface area contributed by atoms with Crippen molar-refractivity contribution in [1.29, 1.82) is 0 Å². The van der Waals surface area contributed by atoms with Crippen LogP contribution in [-0.4, -0.2) is 38.1 Å². The van der Waals surface area contributed by atoms with Crippen LogP contribution in [0.4, 0.5) is 0 Å². The maximum Gasteiger partial charge on any atom is 0.193 e. The third-order valence-electron chi connectivity index (χ3n) is 3.46. The smallest absolute Gasteiger partial charge is 0.193 e. The summed E-state index contributed by atoms with van der Waals surface area (Å²) in [5, 5.41) is 3.35. The lowest BCUT2D eigenvalue weighted by Crippen LogP contribution is -2.39. The van der Waals surface area contributed by atoms with Crippen molar-refractivity contribution in [2.24, 2.45) is 4.99 Å². The zero-order valence-electron chi connectivity index (χ0n) is 14.1. The van der Waals surface area contributed by atoms with Gasteiger partial charge in [-0.3, -0.25) is 4.99 Å². The fraction of sp³-hybridized carbons (Fsp3) is 0.389. The molecule has 2 rings (SSSR count). The summed E-state index contributed by atoms with van der Waals surface area (Å²) in [5.41, 5.74) is 1.21. The van der Waals surface area contributed by atoms with Gasteiger partial charge in [0.1, 0.15) is 11.5 Å². The molecule has 0 amide bonds. The van der Waals surface area contributed by atoms with E-state index < -0.39 is 0 Å². The van der Waals surface area contributed by atoms with Crippen LogP contribution in [0, 0.1) is 0 Å². The number of rotatable bonds is 7. The van der Waals surface area contributed by atoms with Gasteiger partial charge in [-0.1, -0.05) is 12.1 Å². The van der Waals surface area contributed by atoms with E-state index in [0.29, 0.717) is 6.61 Å². The fourth-order valence-electron chi connectivity index (χ4n) is 2.34. The van der Waals surface area contributed by atoms with Gasteiger partial charge in [0.15, 0.2) is 5.96 Å². The molecule has 0 aliphatic rings. The summed E-state index contributed by atoms with van der Waals surface area (Å²) >= 11 is 0. The van der Waals surface area contributed by atoms with E-state index in [1.54, 1.807) is 13.3 Å². The molecule has 23 heavy (non-hydrogen) atoms. The third kappa shape index (κ3) is 5.36. The van der Waals surface area contributed by atoms with E-state index in [2.05, 4.69) is 27.3 Å². The lowest BCUT2D eigenvalue weighted by atomic mass is 10.2. The number of hydrogen-bond donors (Lipinski definition) is 1. The molecule has 1 aromatic carbocycles. The monoisotopic (exact) mass is 315 g/mol. The maximum atomic E-state index is 5.46. The highest BCUT2D eigenvalue weighted by Gasteiger charge is 2.07. The molecule has 124 valence electrons. The summed E-state index contributed by atoms with van der Waals surface area (Å²) in [5.74, 6) is 2.74. The maximum absolute atomic E-state index is 5.46. The number of ether oxygens (including phenoxy) is 1. The van der Waals surface area contributed by atoms with Crippen LogP contribution >= 0.6 is 0 Å². The predicted molar refractivity (Wildman–Crippen MR) is 92.9 cm³/mol. The van der Waals surface area contributed by atoms with Gasteiger partial charge in [0.25, 0.3) is 0 Å². The Morgan fingerprint density at radius 3 is 2.65 bits per heavy atom. The molecule has 0 unspecified atom stereocenters. The van der Waals surface area contributed by atoms with Crippen LogP contribution < -0.4 is 10.1 Å². The summed E-state index contributed by atoms with van der Waals surface area (Å²) in [6.45, 7) is 4.24. The molecule has 0 radical (unpaired) electrons. The second kappa shape index (κ2) is 8.88. The van der Waals surface area contributed by atoms with E-state index in [-0.39, 0.29) is 0 Å². The molecule has 1 N–H and O–H groups in total. The van der Waals surface area contributed by atoms with Gasteiger partial charge in [-0.2, -0.15) is 0 Å². The molecule has 0 atom stereocenters. The van der Waals surface area contributed by atoms with Gasteiger partial charge in [0.05, 0.1) is 12.9 Å². The summed E-state index contributed by atoms with van der Waals surface area (Å²) in [6.07, 6.45) is 2.53. The molecule has 5 nitrogen and oxygen atoms in total. The average molecular weight is 315 g/mol. The minimum atomic E-state index is 0.686. The van der Waals surface area contributed by atoms with Crippen LogP contribution in [0.2, 0.25) is 0 Å². The molecule has 5 heteroatoms. The van der Waals surface area contributed by atoms with Gasteiger partial charge in [0.2, 0.25) is 0 Å². The molecule has 0 saturated heterocycles. The first-order chi connectivity index (χ1) is 11.2. The minimum absolute atomic E-state index is 0.686. The van der Waals surface area contributed by atoms with Crippen molar-refractivity contribution in [1.82, 2.24) is 10.2 Å². The highest BCUT2D eigenvalue weighted by molar-refractivity contribution is 5.79. The Bertz CT molecular complexity index is 591. The van der Waals surface area contributed by atoms with Gasteiger partial charge in [-0.05, 0) is 36.8 Å². The van der Waals surface area contributed by atoms with Crippen molar-refractivity contribution in [2.45, 2.75) is 19.9 Å². The number of aliphatic imine (C=N–C) groups is 1. The summed E-state index contributed by atoms with van der Waals surface area (Å²) < 4.78 is 10.8. The summed E-state index contributed by atoms with van der Waals surface area (Å²) in [7, 11) is 3.82. The van der Waals surface area contributed by atoms with Crippen molar-refractivity contribution in [3.8, 4) is 5.75 Å². The van der Waals surface area contributed by atoms with Crippen molar-refractivity contribution >= 4 is 5.96 Å². The Hall–Kier alpha value is -2.43. The molecule has 0 fully saturated rings. The zero-order chi connectivity index (χ0) is 16.5.